The third-order valence-electron chi connectivity index (χ3n) is 3.42. The molecule has 2 aromatic heterocycles. The molecule has 2 heterocycles. The van der Waals surface area contributed by atoms with Crippen molar-refractivity contribution in [2.24, 2.45) is 0 Å². The monoisotopic (exact) mass is 328 g/mol. The van der Waals surface area contributed by atoms with Crippen molar-refractivity contribution in [1.82, 2.24) is 5.16 Å². The smallest absolute Gasteiger partial charge is 0.375 e. The van der Waals surface area contributed by atoms with E-state index in [-0.39, 0.29) is 11.6 Å². The van der Waals surface area contributed by atoms with E-state index in [9.17, 15) is 9.59 Å². The van der Waals surface area contributed by atoms with Crippen LogP contribution in [-0.2, 0) is 9.53 Å². The van der Waals surface area contributed by atoms with Crippen LogP contribution >= 0.6 is 0 Å². The number of nitrogens with zero attached hydrogens (tertiary/aromatic N) is 1. The number of amides is 1. The maximum atomic E-state index is 12.2. The Hall–Kier alpha value is -3.09. The Kier molecular flexibility index (Phi) is 4.33. The van der Waals surface area contributed by atoms with Crippen molar-refractivity contribution >= 4 is 28.7 Å². The number of carbonyl (C=O) groups is 2. The second kappa shape index (κ2) is 6.57. The topological polar surface area (TPSA) is 94.6 Å². The third-order valence-corrected chi connectivity index (χ3v) is 3.42. The van der Waals surface area contributed by atoms with Gasteiger partial charge in [-0.3, -0.25) is 4.79 Å². The molecule has 3 aromatic rings. The predicted octanol–water partition coefficient (Wildman–Crippen LogP) is 3.30. The molecule has 0 spiro atoms. The Bertz CT molecular complexity index is 847. The molecule has 0 aliphatic heterocycles. The fourth-order valence-electron chi connectivity index (χ4n) is 2.22. The molecule has 3 rings (SSSR count). The molecule has 1 aromatic carbocycles. The van der Waals surface area contributed by atoms with Crippen molar-refractivity contribution < 1.29 is 23.3 Å². The largest absolute Gasteiger partial charge is 0.449 e. The van der Waals surface area contributed by atoms with Crippen molar-refractivity contribution in [2.45, 2.75) is 26.4 Å². The number of hydrogen-bond donors (Lipinski definition) is 1. The van der Waals surface area contributed by atoms with Gasteiger partial charge in [-0.25, -0.2) is 4.79 Å². The maximum Gasteiger partial charge on any atom is 0.375 e. The van der Waals surface area contributed by atoms with Gasteiger partial charge in [-0.2, -0.15) is 0 Å². The first kappa shape index (κ1) is 15.8. The highest BCUT2D eigenvalue weighted by Gasteiger charge is 2.24. The molecule has 1 atom stereocenters. The number of hydrogen-bond acceptors (Lipinski definition) is 6. The van der Waals surface area contributed by atoms with Crippen LogP contribution in [0.5, 0.6) is 0 Å². The highest BCUT2D eigenvalue weighted by molar-refractivity contribution is 5.97. The van der Waals surface area contributed by atoms with E-state index in [1.54, 1.807) is 32.0 Å². The average Bonchev–Trinajstić information content (AvgIpc) is 3.18. The van der Waals surface area contributed by atoms with Gasteiger partial charge < -0.3 is 19.0 Å². The zero-order chi connectivity index (χ0) is 17.1. The Morgan fingerprint density at radius 3 is 2.75 bits per heavy atom. The second-order valence-corrected chi connectivity index (χ2v) is 5.26. The summed E-state index contributed by atoms with van der Waals surface area (Å²) in [6, 6.07) is 10.4. The molecule has 0 saturated heterocycles. The molecule has 1 amide bonds. The van der Waals surface area contributed by atoms with Crippen molar-refractivity contribution in [3.8, 4) is 0 Å². The van der Waals surface area contributed by atoms with Gasteiger partial charge in [0.25, 0.3) is 5.91 Å². The van der Waals surface area contributed by atoms with Crippen LogP contribution in [0, 0.1) is 6.92 Å². The summed E-state index contributed by atoms with van der Waals surface area (Å²) in [5.41, 5.74) is 0.583. The number of para-hydroxylation sites is 1. The van der Waals surface area contributed by atoms with Crippen LogP contribution in [0.3, 0.4) is 0 Å². The van der Waals surface area contributed by atoms with Crippen LogP contribution in [0.2, 0.25) is 0 Å². The van der Waals surface area contributed by atoms with E-state index in [2.05, 4.69) is 10.5 Å². The first-order valence-corrected chi connectivity index (χ1v) is 7.50. The van der Waals surface area contributed by atoms with E-state index in [1.807, 2.05) is 18.2 Å². The summed E-state index contributed by atoms with van der Waals surface area (Å²) in [6.45, 7) is 3.45. The summed E-state index contributed by atoms with van der Waals surface area (Å²) in [6.07, 6.45) is -0.642. The van der Waals surface area contributed by atoms with Gasteiger partial charge in [0.15, 0.2) is 11.9 Å². The molecule has 7 heteroatoms. The number of aromatic nitrogens is 1. The van der Waals surface area contributed by atoms with Crippen LogP contribution in [0.4, 0.5) is 5.82 Å². The zero-order valence-corrected chi connectivity index (χ0v) is 13.2. The van der Waals surface area contributed by atoms with Gasteiger partial charge in [-0.1, -0.05) is 30.3 Å². The van der Waals surface area contributed by atoms with Gasteiger partial charge in [0.05, 0.1) is 0 Å². The Morgan fingerprint density at radius 1 is 1.29 bits per heavy atom. The van der Waals surface area contributed by atoms with E-state index in [0.29, 0.717) is 17.8 Å². The lowest BCUT2D eigenvalue weighted by atomic mass is 10.2. The molecule has 0 radical (unpaired) electrons. The molecule has 0 saturated carbocycles. The van der Waals surface area contributed by atoms with Gasteiger partial charge in [0.2, 0.25) is 5.76 Å². The minimum Gasteiger partial charge on any atom is -0.449 e. The number of anilines is 1. The Balaban J connectivity index is 1.69. The number of carbonyl (C=O) groups excluding carboxylic acids is 2. The van der Waals surface area contributed by atoms with Crippen LogP contribution in [-0.4, -0.2) is 23.1 Å². The number of esters is 1. The molecular weight excluding hydrogens is 312 g/mol. The highest BCUT2D eigenvalue weighted by Crippen LogP contribution is 2.20. The number of furan rings is 1. The van der Waals surface area contributed by atoms with Gasteiger partial charge in [-0.05, 0) is 25.5 Å². The number of ether oxygens (including phenoxy) is 1. The molecule has 0 bridgehead atoms. The van der Waals surface area contributed by atoms with Crippen molar-refractivity contribution in [3.63, 3.8) is 0 Å². The van der Waals surface area contributed by atoms with Crippen LogP contribution in [0.1, 0.15) is 29.7 Å². The minimum absolute atomic E-state index is 0.0553. The van der Waals surface area contributed by atoms with Gasteiger partial charge in [0.1, 0.15) is 11.3 Å². The summed E-state index contributed by atoms with van der Waals surface area (Å²) in [4.78, 5) is 24.4. The summed E-state index contributed by atoms with van der Waals surface area (Å²) < 4.78 is 15.6. The summed E-state index contributed by atoms with van der Waals surface area (Å²) in [5, 5.41) is 7.01. The van der Waals surface area contributed by atoms with Crippen molar-refractivity contribution in [1.29, 1.82) is 0 Å². The normalized spacial score (nSPS) is 12.1. The molecule has 0 aliphatic rings. The number of fused-ring (bicyclic) bond motifs is 1. The molecule has 0 fully saturated rings. The highest BCUT2D eigenvalue weighted by atomic mass is 16.6. The Labute approximate surface area is 137 Å². The third kappa shape index (κ3) is 3.29. The zero-order valence-electron chi connectivity index (χ0n) is 13.2. The predicted molar refractivity (Wildman–Crippen MR) is 85.6 cm³/mol. The van der Waals surface area contributed by atoms with Crippen LogP contribution < -0.4 is 5.32 Å². The molecule has 124 valence electrons. The SMILES string of the molecule is CCC(OC(=O)c1cc2ccccc2o1)C(=O)Nc1cc(C)on1. The molecule has 1 N–H and O–H groups in total. The standard InChI is InChI=1S/C17H16N2O5/c1-3-12(16(20)18-15-8-10(2)24-19-15)23-17(21)14-9-11-6-4-5-7-13(11)22-14/h4-9,12H,3H2,1-2H3,(H,18,19,20). The van der Waals surface area contributed by atoms with E-state index in [0.717, 1.165) is 5.39 Å². The molecule has 24 heavy (non-hydrogen) atoms. The van der Waals surface area contributed by atoms with Crippen LogP contribution in [0.25, 0.3) is 11.0 Å². The van der Waals surface area contributed by atoms with Crippen LogP contribution in [0.15, 0.2) is 45.3 Å². The number of nitrogens with one attached hydrogen (secondary N) is 1. The van der Waals surface area contributed by atoms with E-state index in [1.165, 1.54) is 0 Å². The lowest BCUT2D eigenvalue weighted by Crippen LogP contribution is -2.32. The van der Waals surface area contributed by atoms with Gasteiger partial charge >= 0.3 is 5.97 Å². The summed E-state index contributed by atoms with van der Waals surface area (Å²) in [5.74, 6) is -0.270. The van der Waals surface area contributed by atoms with Crippen molar-refractivity contribution in [2.75, 3.05) is 5.32 Å². The lowest BCUT2D eigenvalue weighted by molar-refractivity contribution is -0.124. The average molecular weight is 328 g/mol. The summed E-state index contributed by atoms with van der Waals surface area (Å²) in [7, 11) is 0. The molecule has 7 nitrogen and oxygen atoms in total. The summed E-state index contributed by atoms with van der Waals surface area (Å²) >= 11 is 0. The number of rotatable bonds is 5. The minimum atomic E-state index is -0.956. The van der Waals surface area contributed by atoms with Gasteiger partial charge in [-0.15, -0.1) is 0 Å². The maximum absolute atomic E-state index is 12.2. The fraction of sp³-hybridized carbons (Fsp3) is 0.235. The van der Waals surface area contributed by atoms with E-state index < -0.39 is 18.0 Å². The Morgan fingerprint density at radius 2 is 2.08 bits per heavy atom. The molecule has 0 aliphatic carbocycles. The van der Waals surface area contributed by atoms with Crippen molar-refractivity contribution in [3.05, 3.63) is 47.9 Å². The lowest BCUT2D eigenvalue weighted by Gasteiger charge is -2.13. The second-order valence-electron chi connectivity index (χ2n) is 5.26. The molecule has 1 unspecified atom stereocenters. The number of aryl methyl sites for hydroxylation is 1. The van der Waals surface area contributed by atoms with E-state index in [4.69, 9.17) is 13.7 Å². The molecular formula is C17H16N2O5. The first-order valence-electron chi connectivity index (χ1n) is 7.50. The van der Waals surface area contributed by atoms with Gasteiger partial charge in [0, 0.05) is 11.5 Å². The quantitative estimate of drug-likeness (QED) is 0.722. The fourth-order valence-corrected chi connectivity index (χ4v) is 2.22. The van der Waals surface area contributed by atoms with E-state index >= 15 is 0 Å². The number of benzene rings is 1. The first-order chi connectivity index (χ1) is 11.6.